The molecule has 1 aliphatic rings. The standard InChI is InChI=1S/C12H24N2O2/c1-12(2,13)8-11(15)14(3)9-10-6-4-5-7-16-10/h10H,4-9,13H2,1-3H3. The zero-order chi connectivity index (χ0) is 12.2. The molecule has 1 fully saturated rings. The second-order valence-electron chi connectivity index (χ2n) is 5.43. The van der Waals surface area contributed by atoms with Crippen LogP contribution in [-0.4, -0.2) is 42.6 Å². The highest BCUT2D eigenvalue weighted by Gasteiger charge is 2.22. The number of ether oxygens (including phenoxy) is 1. The predicted molar refractivity (Wildman–Crippen MR) is 64.1 cm³/mol. The zero-order valence-electron chi connectivity index (χ0n) is 10.7. The highest BCUT2D eigenvalue weighted by molar-refractivity contribution is 5.77. The third-order valence-corrected chi connectivity index (χ3v) is 2.78. The fourth-order valence-electron chi connectivity index (χ4n) is 1.88. The van der Waals surface area contributed by atoms with Crippen LogP contribution >= 0.6 is 0 Å². The molecule has 4 heteroatoms. The summed E-state index contributed by atoms with van der Waals surface area (Å²) in [5.74, 6) is 0.0988. The summed E-state index contributed by atoms with van der Waals surface area (Å²) in [6.07, 6.45) is 4.00. The van der Waals surface area contributed by atoms with Gasteiger partial charge in [0, 0.05) is 32.2 Å². The van der Waals surface area contributed by atoms with E-state index in [1.54, 1.807) is 4.90 Å². The number of nitrogens with two attached hydrogens (primary N) is 1. The fraction of sp³-hybridized carbons (Fsp3) is 0.917. The molecule has 0 aromatic carbocycles. The first kappa shape index (κ1) is 13.5. The van der Waals surface area contributed by atoms with E-state index in [4.69, 9.17) is 10.5 Å². The van der Waals surface area contributed by atoms with Crippen LogP contribution in [0.4, 0.5) is 0 Å². The van der Waals surface area contributed by atoms with Crippen molar-refractivity contribution < 1.29 is 9.53 Å². The molecule has 1 rings (SSSR count). The summed E-state index contributed by atoms with van der Waals surface area (Å²) in [7, 11) is 1.83. The van der Waals surface area contributed by atoms with Crippen LogP contribution in [0.5, 0.6) is 0 Å². The monoisotopic (exact) mass is 228 g/mol. The van der Waals surface area contributed by atoms with Crippen LogP contribution in [0.25, 0.3) is 0 Å². The van der Waals surface area contributed by atoms with Gasteiger partial charge in [0.05, 0.1) is 6.10 Å². The average molecular weight is 228 g/mol. The van der Waals surface area contributed by atoms with Crippen molar-refractivity contribution in [1.29, 1.82) is 0 Å². The summed E-state index contributed by atoms with van der Waals surface area (Å²) >= 11 is 0. The molecule has 0 saturated carbocycles. The van der Waals surface area contributed by atoms with Gasteiger partial charge in [-0.1, -0.05) is 0 Å². The summed E-state index contributed by atoms with van der Waals surface area (Å²) in [6, 6.07) is 0. The lowest BCUT2D eigenvalue weighted by Crippen LogP contribution is -2.43. The van der Waals surface area contributed by atoms with Crippen molar-refractivity contribution in [3.8, 4) is 0 Å². The van der Waals surface area contributed by atoms with Gasteiger partial charge in [0.1, 0.15) is 0 Å². The Morgan fingerprint density at radius 1 is 1.50 bits per heavy atom. The molecule has 16 heavy (non-hydrogen) atoms. The van der Waals surface area contributed by atoms with E-state index >= 15 is 0 Å². The number of carbonyl (C=O) groups excluding carboxylic acids is 1. The minimum Gasteiger partial charge on any atom is -0.376 e. The zero-order valence-corrected chi connectivity index (χ0v) is 10.7. The van der Waals surface area contributed by atoms with Crippen LogP contribution in [-0.2, 0) is 9.53 Å². The van der Waals surface area contributed by atoms with Crippen molar-refractivity contribution in [1.82, 2.24) is 4.90 Å². The van der Waals surface area contributed by atoms with Gasteiger partial charge in [-0.2, -0.15) is 0 Å². The molecular weight excluding hydrogens is 204 g/mol. The highest BCUT2D eigenvalue weighted by atomic mass is 16.5. The minimum absolute atomic E-state index is 0.0988. The Bertz CT molecular complexity index is 230. The Labute approximate surface area is 98.1 Å². The molecule has 0 radical (unpaired) electrons. The lowest BCUT2D eigenvalue weighted by Gasteiger charge is -2.29. The van der Waals surface area contributed by atoms with Crippen molar-refractivity contribution in [2.24, 2.45) is 5.73 Å². The smallest absolute Gasteiger partial charge is 0.224 e. The van der Waals surface area contributed by atoms with E-state index < -0.39 is 5.54 Å². The lowest BCUT2D eigenvalue weighted by molar-refractivity contribution is -0.133. The molecule has 1 heterocycles. The first-order valence-corrected chi connectivity index (χ1v) is 6.03. The first-order chi connectivity index (χ1) is 7.38. The summed E-state index contributed by atoms with van der Waals surface area (Å²) in [5, 5.41) is 0. The molecular formula is C12H24N2O2. The van der Waals surface area contributed by atoms with Gasteiger partial charge in [0.2, 0.25) is 5.91 Å². The average Bonchev–Trinajstić information content (AvgIpc) is 2.16. The maximum atomic E-state index is 11.8. The topological polar surface area (TPSA) is 55.6 Å². The largest absolute Gasteiger partial charge is 0.376 e. The summed E-state index contributed by atoms with van der Waals surface area (Å²) < 4.78 is 5.60. The van der Waals surface area contributed by atoms with E-state index in [1.165, 1.54) is 6.42 Å². The number of rotatable bonds is 4. The molecule has 1 aliphatic heterocycles. The van der Waals surface area contributed by atoms with Gasteiger partial charge in [-0.3, -0.25) is 4.79 Å². The van der Waals surface area contributed by atoms with E-state index in [-0.39, 0.29) is 12.0 Å². The Balaban J connectivity index is 2.33. The van der Waals surface area contributed by atoms with Crippen LogP contribution in [0.15, 0.2) is 0 Å². The Morgan fingerprint density at radius 2 is 2.19 bits per heavy atom. The van der Waals surface area contributed by atoms with Crippen LogP contribution in [0.3, 0.4) is 0 Å². The molecule has 1 amide bonds. The van der Waals surface area contributed by atoms with Crippen LogP contribution in [0.2, 0.25) is 0 Å². The molecule has 1 saturated heterocycles. The quantitative estimate of drug-likeness (QED) is 0.785. The van der Waals surface area contributed by atoms with Crippen LogP contribution in [0, 0.1) is 0 Å². The van der Waals surface area contributed by atoms with Gasteiger partial charge in [0.25, 0.3) is 0 Å². The number of hydrogen-bond acceptors (Lipinski definition) is 3. The maximum absolute atomic E-state index is 11.8. The molecule has 0 aromatic heterocycles. The molecule has 2 N–H and O–H groups in total. The van der Waals surface area contributed by atoms with E-state index in [0.717, 1.165) is 19.4 Å². The van der Waals surface area contributed by atoms with Gasteiger partial charge in [-0.05, 0) is 33.1 Å². The van der Waals surface area contributed by atoms with E-state index in [1.807, 2.05) is 20.9 Å². The summed E-state index contributed by atoms with van der Waals surface area (Å²) in [6.45, 7) is 5.26. The van der Waals surface area contributed by atoms with E-state index in [0.29, 0.717) is 13.0 Å². The fourth-order valence-corrected chi connectivity index (χ4v) is 1.88. The minimum atomic E-state index is -0.432. The van der Waals surface area contributed by atoms with Gasteiger partial charge in [0.15, 0.2) is 0 Å². The molecule has 0 aromatic rings. The lowest BCUT2D eigenvalue weighted by atomic mass is 10.0. The third-order valence-electron chi connectivity index (χ3n) is 2.78. The number of carbonyl (C=O) groups is 1. The van der Waals surface area contributed by atoms with Gasteiger partial charge in [-0.25, -0.2) is 0 Å². The summed E-state index contributed by atoms with van der Waals surface area (Å²) in [4.78, 5) is 13.6. The second-order valence-corrected chi connectivity index (χ2v) is 5.43. The van der Waals surface area contributed by atoms with Crippen LogP contribution in [0.1, 0.15) is 39.5 Å². The molecule has 94 valence electrons. The molecule has 4 nitrogen and oxygen atoms in total. The van der Waals surface area contributed by atoms with E-state index in [2.05, 4.69) is 0 Å². The first-order valence-electron chi connectivity index (χ1n) is 6.03. The molecule has 0 spiro atoms. The number of hydrogen-bond donors (Lipinski definition) is 1. The van der Waals surface area contributed by atoms with Crippen molar-refractivity contribution in [2.75, 3.05) is 20.2 Å². The Kier molecular flexibility index (Phi) is 4.74. The molecule has 1 atom stereocenters. The Hall–Kier alpha value is -0.610. The van der Waals surface area contributed by atoms with Gasteiger partial charge < -0.3 is 15.4 Å². The Morgan fingerprint density at radius 3 is 2.69 bits per heavy atom. The van der Waals surface area contributed by atoms with Gasteiger partial charge >= 0.3 is 0 Å². The predicted octanol–water partition coefficient (Wildman–Crippen LogP) is 1.14. The summed E-state index contributed by atoms with van der Waals surface area (Å²) in [5.41, 5.74) is 5.40. The van der Waals surface area contributed by atoms with Gasteiger partial charge in [-0.15, -0.1) is 0 Å². The molecule has 0 bridgehead atoms. The maximum Gasteiger partial charge on any atom is 0.224 e. The van der Waals surface area contributed by atoms with Crippen molar-refractivity contribution >= 4 is 5.91 Å². The van der Waals surface area contributed by atoms with Crippen molar-refractivity contribution in [3.63, 3.8) is 0 Å². The molecule has 1 unspecified atom stereocenters. The van der Waals surface area contributed by atoms with E-state index in [9.17, 15) is 4.79 Å². The van der Waals surface area contributed by atoms with Crippen molar-refractivity contribution in [3.05, 3.63) is 0 Å². The second kappa shape index (κ2) is 5.64. The molecule has 0 aliphatic carbocycles. The number of likely N-dealkylation sites (N-methyl/N-ethyl adjacent to an activating group) is 1. The van der Waals surface area contributed by atoms with Crippen LogP contribution < -0.4 is 5.73 Å². The number of amides is 1. The number of nitrogens with zero attached hydrogens (tertiary/aromatic N) is 1. The third kappa shape index (κ3) is 4.94. The highest BCUT2D eigenvalue weighted by Crippen LogP contribution is 2.14. The SMILES string of the molecule is CN(CC1CCCCO1)C(=O)CC(C)(C)N. The normalized spacial score (nSPS) is 21.9. The van der Waals surface area contributed by atoms with Crippen molar-refractivity contribution in [2.45, 2.75) is 51.2 Å².